The van der Waals surface area contributed by atoms with Crippen molar-refractivity contribution in [3.8, 4) is 11.5 Å². The van der Waals surface area contributed by atoms with Gasteiger partial charge in [-0.25, -0.2) is 4.79 Å². The first kappa shape index (κ1) is 13.5. The van der Waals surface area contributed by atoms with Gasteiger partial charge in [0.25, 0.3) is 0 Å². The molecule has 0 aliphatic carbocycles. The molecule has 2 aromatic rings. The summed E-state index contributed by atoms with van der Waals surface area (Å²) in [5, 5.41) is 2.80. The molecule has 4 nitrogen and oxygen atoms in total. The molecule has 1 amide bonds. The SMILES string of the molecule is CC1(C)NC(=O)Oc2ccc(OCc3ccccc3)cc21. The van der Waals surface area contributed by atoms with Crippen molar-refractivity contribution in [3.05, 3.63) is 59.7 Å². The molecule has 0 unspecified atom stereocenters. The lowest BCUT2D eigenvalue weighted by Gasteiger charge is -2.32. The Morgan fingerprint density at radius 2 is 1.90 bits per heavy atom. The fraction of sp³-hybridized carbons (Fsp3) is 0.235. The summed E-state index contributed by atoms with van der Waals surface area (Å²) in [6, 6.07) is 15.5. The highest BCUT2D eigenvalue weighted by molar-refractivity contribution is 5.75. The molecule has 1 N–H and O–H groups in total. The third-order valence-corrected chi connectivity index (χ3v) is 3.49. The highest BCUT2D eigenvalue weighted by Crippen LogP contribution is 2.36. The maximum absolute atomic E-state index is 11.5. The summed E-state index contributed by atoms with van der Waals surface area (Å²) in [4.78, 5) is 11.5. The molecule has 21 heavy (non-hydrogen) atoms. The summed E-state index contributed by atoms with van der Waals surface area (Å²) >= 11 is 0. The second kappa shape index (κ2) is 5.13. The zero-order valence-corrected chi connectivity index (χ0v) is 12.1. The molecule has 1 aliphatic heterocycles. The predicted molar refractivity (Wildman–Crippen MR) is 79.4 cm³/mol. The summed E-state index contributed by atoms with van der Waals surface area (Å²) in [6.45, 7) is 4.38. The molecular formula is C17H17NO3. The normalized spacial score (nSPS) is 15.6. The van der Waals surface area contributed by atoms with Gasteiger partial charge in [0.15, 0.2) is 0 Å². The summed E-state index contributed by atoms with van der Waals surface area (Å²) in [6.07, 6.45) is -0.426. The first-order valence-corrected chi connectivity index (χ1v) is 6.86. The van der Waals surface area contributed by atoms with Crippen molar-refractivity contribution in [1.82, 2.24) is 5.32 Å². The van der Waals surface area contributed by atoms with Gasteiger partial charge in [0.05, 0.1) is 5.54 Å². The van der Waals surface area contributed by atoms with Gasteiger partial charge in [-0.15, -0.1) is 0 Å². The number of carbonyl (C=O) groups excluding carboxylic acids is 1. The molecule has 0 fully saturated rings. The minimum Gasteiger partial charge on any atom is -0.489 e. The minimum atomic E-state index is -0.475. The lowest BCUT2D eigenvalue weighted by molar-refractivity contribution is 0.176. The van der Waals surface area contributed by atoms with Crippen LogP contribution in [0.1, 0.15) is 25.0 Å². The van der Waals surface area contributed by atoms with E-state index in [9.17, 15) is 4.79 Å². The van der Waals surface area contributed by atoms with Crippen LogP contribution in [0.15, 0.2) is 48.5 Å². The highest BCUT2D eigenvalue weighted by Gasteiger charge is 2.32. The molecule has 0 radical (unpaired) electrons. The van der Waals surface area contributed by atoms with Crippen molar-refractivity contribution in [2.24, 2.45) is 0 Å². The number of rotatable bonds is 3. The van der Waals surface area contributed by atoms with E-state index in [0.717, 1.165) is 16.9 Å². The fourth-order valence-corrected chi connectivity index (χ4v) is 2.37. The standard InChI is InChI=1S/C17H17NO3/c1-17(2)14-10-13(8-9-15(14)21-16(19)18-17)20-11-12-6-4-3-5-7-12/h3-10H,11H2,1-2H3,(H,18,19). The van der Waals surface area contributed by atoms with Crippen molar-refractivity contribution in [2.75, 3.05) is 0 Å². The van der Waals surface area contributed by atoms with Crippen LogP contribution in [0.4, 0.5) is 4.79 Å². The quantitative estimate of drug-likeness (QED) is 0.936. The molecule has 3 rings (SSSR count). The van der Waals surface area contributed by atoms with Gasteiger partial charge in [-0.1, -0.05) is 30.3 Å². The second-order valence-corrected chi connectivity index (χ2v) is 5.57. The molecule has 108 valence electrons. The summed E-state index contributed by atoms with van der Waals surface area (Å²) in [5.74, 6) is 1.33. The Morgan fingerprint density at radius 1 is 1.14 bits per heavy atom. The molecular weight excluding hydrogens is 266 g/mol. The van der Waals surface area contributed by atoms with E-state index in [-0.39, 0.29) is 0 Å². The van der Waals surface area contributed by atoms with Crippen LogP contribution < -0.4 is 14.8 Å². The number of ether oxygens (including phenoxy) is 2. The molecule has 0 saturated heterocycles. The van der Waals surface area contributed by atoms with E-state index in [1.54, 1.807) is 6.07 Å². The Balaban J connectivity index is 1.81. The van der Waals surface area contributed by atoms with Crippen LogP contribution in [0.25, 0.3) is 0 Å². The largest absolute Gasteiger partial charge is 0.489 e. The Kier molecular flexibility index (Phi) is 3.29. The lowest BCUT2D eigenvalue weighted by Crippen LogP contribution is -2.46. The molecule has 0 saturated carbocycles. The van der Waals surface area contributed by atoms with Crippen LogP contribution in [-0.4, -0.2) is 6.09 Å². The molecule has 2 aromatic carbocycles. The lowest BCUT2D eigenvalue weighted by atomic mass is 9.92. The van der Waals surface area contributed by atoms with Gasteiger partial charge in [-0.3, -0.25) is 0 Å². The Morgan fingerprint density at radius 3 is 2.67 bits per heavy atom. The third kappa shape index (κ3) is 2.84. The van der Waals surface area contributed by atoms with Crippen molar-refractivity contribution >= 4 is 6.09 Å². The topological polar surface area (TPSA) is 47.6 Å². The van der Waals surface area contributed by atoms with Gasteiger partial charge in [0, 0.05) is 5.56 Å². The fourth-order valence-electron chi connectivity index (χ4n) is 2.37. The van der Waals surface area contributed by atoms with Crippen LogP contribution in [0.3, 0.4) is 0 Å². The molecule has 0 aromatic heterocycles. The number of benzene rings is 2. The van der Waals surface area contributed by atoms with Crippen LogP contribution in [-0.2, 0) is 12.1 Å². The van der Waals surface area contributed by atoms with Gasteiger partial charge in [-0.2, -0.15) is 0 Å². The molecule has 0 spiro atoms. The zero-order chi connectivity index (χ0) is 14.9. The smallest absolute Gasteiger partial charge is 0.413 e. The van der Waals surface area contributed by atoms with E-state index in [0.29, 0.717) is 12.4 Å². The van der Waals surface area contributed by atoms with Gasteiger partial charge in [0.2, 0.25) is 0 Å². The highest BCUT2D eigenvalue weighted by atomic mass is 16.6. The average Bonchev–Trinajstić information content (AvgIpc) is 2.45. The predicted octanol–water partition coefficient (Wildman–Crippen LogP) is 3.60. The van der Waals surface area contributed by atoms with E-state index in [1.165, 1.54) is 0 Å². The maximum atomic E-state index is 11.5. The van der Waals surface area contributed by atoms with Crippen molar-refractivity contribution in [1.29, 1.82) is 0 Å². The van der Waals surface area contributed by atoms with Gasteiger partial charge in [0.1, 0.15) is 18.1 Å². The number of hydrogen-bond donors (Lipinski definition) is 1. The van der Waals surface area contributed by atoms with Crippen molar-refractivity contribution < 1.29 is 14.3 Å². The van der Waals surface area contributed by atoms with Crippen LogP contribution >= 0.6 is 0 Å². The van der Waals surface area contributed by atoms with E-state index < -0.39 is 11.6 Å². The molecule has 0 bridgehead atoms. The van der Waals surface area contributed by atoms with Crippen LogP contribution in [0.5, 0.6) is 11.5 Å². The van der Waals surface area contributed by atoms with Crippen molar-refractivity contribution in [3.63, 3.8) is 0 Å². The van der Waals surface area contributed by atoms with Crippen LogP contribution in [0, 0.1) is 0 Å². The molecule has 4 heteroatoms. The summed E-state index contributed by atoms with van der Waals surface area (Å²) < 4.78 is 11.0. The van der Waals surface area contributed by atoms with E-state index in [4.69, 9.17) is 9.47 Å². The van der Waals surface area contributed by atoms with Crippen LogP contribution in [0.2, 0.25) is 0 Å². The number of nitrogens with one attached hydrogen (secondary N) is 1. The van der Waals surface area contributed by atoms with E-state index in [1.807, 2.05) is 56.3 Å². The summed E-state index contributed by atoms with van der Waals surface area (Å²) in [5.41, 5.74) is 1.54. The minimum absolute atomic E-state index is 0.426. The number of amides is 1. The average molecular weight is 283 g/mol. The first-order chi connectivity index (χ1) is 10.0. The number of fused-ring (bicyclic) bond motifs is 1. The van der Waals surface area contributed by atoms with E-state index >= 15 is 0 Å². The number of hydrogen-bond acceptors (Lipinski definition) is 3. The van der Waals surface area contributed by atoms with Crippen molar-refractivity contribution in [2.45, 2.75) is 26.0 Å². The zero-order valence-electron chi connectivity index (χ0n) is 12.1. The Bertz CT molecular complexity index is 665. The molecule has 1 aliphatic rings. The van der Waals surface area contributed by atoms with E-state index in [2.05, 4.69) is 5.32 Å². The third-order valence-electron chi connectivity index (χ3n) is 3.49. The van der Waals surface area contributed by atoms with Gasteiger partial charge >= 0.3 is 6.09 Å². The number of carbonyl (C=O) groups is 1. The second-order valence-electron chi connectivity index (χ2n) is 5.57. The monoisotopic (exact) mass is 283 g/mol. The van der Waals surface area contributed by atoms with Gasteiger partial charge in [-0.05, 0) is 37.6 Å². The molecule has 0 atom stereocenters. The summed E-state index contributed by atoms with van der Waals surface area (Å²) in [7, 11) is 0. The maximum Gasteiger partial charge on any atom is 0.413 e. The van der Waals surface area contributed by atoms with Gasteiger partial charge < -0.3 is 14.8 Å². The Labute approximate surface area is 123 Å². The molecule has 1 heterocycles. The first-order valence-electron chi connectivity index (χ1n) is 6.86. The Hall–Kier alpha value is -2.49.